The second kappa shape index (κ2) is 5.06. The Bertz CT molecular complexity index is 810. The van der Waals surface area contributed by atoms with Crippen LogP contribution in [0, 0.1) is 11.6 Å². The number of carbonyl (C=O) groups excluding carboxylic acids is 1. The Hall–Kier alpha value is -2.61. The zero-order chi connectivity index (χ0) is 15.0. The molecule has 0 saturated heterocycles. The zero-order valence-corrected chi connectivity index (χ0v) is 11.2. The highest BCUT2D eigenvalue weighted by molar-refractivity contribution is 7.22. The third-order valence-corrected chi connectivity index (χ3v) is 3.63. The summed E-state index contributed by atoms with van der Waals surface area (Å²) in [7, 11) is 0. The van der Waals surface area contributed by atoms with Crippen LogP contribution in [-0.4, -0.2) is 15.9 Å². The summed E-state index contributed by atoms with van der Waals surface area (Å²) in [6.45, 7) is 0. The molecule has 1 amide bonds. The number of nitrogen functional groups attached to an aromatic ring is 1. The van der Waals surface area contributed by atoms with Gasteiger partial charge in [-0.1, -0.05) is 11.3 Å². The maximum atomic E-state index is 13.1. The lowest BCUT2D eigenvalue weighted by Crippen LogP contribution is -2.12. The highest BCUT2D eigenvalue weighted by Crippen LogP contribution is 2.28. The standard InChI is InChI=1S/C13H8F2N4OS/c14-7-4-9-10(5-8(7)15)21-13(18-9)19-12(20)6-1-2-17-11(16)3-6/h1-5H,(H2,16,17)(H,18,19,20). The van der Waals surface area contributed by atoms with E-state index in [2.05, 4.69) is 15.3 Å². The number of hydrogen-bond acceptors (Lipinski definition) is 5. The molecule has 0 atom stereocenters. The van der Waals surface area contributed by atoms with Crippen molar-refractivity contribution in [2.45, 2.75) is 0 Å². The molecule has 8 heteroatoms. The first-order valence-electron chi connectivity index (χ1n) is 5.81. The summed E-state index contributed by atoms with van der Waals surface area (Å²) in [6.07, 6.45) is 1.41. The van der Waals surface area contributed by atoms with Gasteiger partial charge in [0.1, 0.15) is 5.82 Å². The van der Waals surface area contributed by atoms with Gasteiger partial charge in [-0.25, -0.2) is 18.7 Å². The molecule has 3 N–H and O–H groups in total. The van der Waals surface area contributed by atoms with Crippen LogP contribution in [0.4, 0.5) is 19.7 Å². The third-order valence-electron chi connectivity index (χ3n) is 2.69. The first-order valence-corrected chi connectivity index (χ1v) is 6.63. The number of thiazole rings is 1. The summed E-state index contributed by atoms with van der Waals surface area (Å²) in [4.78, 5) is 19.8. The normalized spacial score (nSPS) is 10.8. The maximum absolute atomic E-state index is 13.1. The van der Waals surface area contributed by atoms with Crippen molar-refractivity contribution in [1.82, 2.24) is 9.97 Å². The van der Waals surface area contributed by atoms with E-state index in [1.165, 1.54) is 18.3 Å². The fraction of sp³-hybridized carbons (Fsp3) is 0. The monoisotopic (exact) mass is 306 g/mol. The van der Waals surface area contributed by atoms with E-state index in [-0.39, 0.29) is 16.5 Å². The molecule has 0 bridgehead atoms. The minimum Gasteiger partial charge on any atom is -0.384 e. The summed E-state index contributed by atoms with van der Waals surface area (Å²) in [6, 6.07) is 4.95. The molecule has 3 rings (SSSR count). The molecular weight excluding hydrogens is 298 g/mol. The SMILES string of the molecule is Nc1cc(C(=O)Nc2nc3cc(F)c(F)cc3s2)ccn1. The van der Waals surface area contributed by atoms with E-state index in [1.54, 1.807) is 0 Å². The van der Waals surface area contributed by atoms with Gasteiger partial charge in [0.15, 0.2) is 16.8 Å². The van der Waals surface area contributed by atoms with Gasteiger partial charge in [-0.3, -0.25) is 10.1 Å². The molecule has 2 aromatic heterocycles. The molecule has 0 fully saturated rings. The van der Waals surface area contributed by atoms with E-state index in [0.717, 1.165) is 23.5 Å². The van der Waals surface area contributed by atoms with Crippen LogP contribution < -0.4 is 11.1 Å². The Kier molecular flexibility index (Phi) is 3.22. The molecule has 0 saturated carbocycles. The number of amides is 1. The van der Waals surface area contributed by atoms with Gasteiger partial charge in [0, 0.05) is 17.8 Å². The van der Waals surface area contributed by atoms with Crippen molar-refractivity contribution in [3.63, 3.8) is 0 Å². The molecule has 21 heavy (non-hydrogen) atoms. The van der Waals surface area contributed by atoms with E-state index >= 15 is 0 Å². The van der Waals surface area contributed by atoms with Crippen LogP contribution in [0.2, 0.25) is 0 Å². The number of nitrogens with zero attached hydrogens (tertiary/aromatic N) is 2. The molecule has 0 aliphatic carbocycles. The number of hydrogen-bond donors (Lipinski definition) is 2. The molecule has 2 heterocycles. The smallest absolute Gasteiger partial charge is 0.257 e. The Morgan fingerprint density at radius 3 is 2.76 bits per heavy atom. The maximum Gasteiger partial charge on any atom is 0.257 e. The first kappa shape index (κ1) is 13.4. The summed E-state index contributed by atoms with van der Waals surface area (Å²) >= 11 is 1.05. The van der Waals surface area contributed by atoms with E-state index in [1.807, 2.05) is 0 Å². The van der Waals surface area contributed by atoms with Crippen LogP contribution in [-0.2, 0) is 0 Å². The van der Waals surface area contributed by atoms with Gasteiger partial charge in [-0.15, -0.1) is 0 Å². The predicted octanol–water partition coefficient (Wildman–Crippen LogP) is 2.80. The predicted molar refractivity (Wildman–Crippen MR) is 76.1 cm³/mol. The van der Waals surface area contributed by atoms with E-state index in [9.17, 15) is 13.6 Å². The summed E-state index contributed by atoms with van der Waals surface area (Å²) in [5.74, 6) is -2.14. The number of benzene rings is 1. The number of carbonyl (C=O) groups is 1. The average molecular weight is 306 g/mol. The number of rotatable bonds is 2. The quantitative estimate of drug-likeness (QED) is 0.763. The van der Waals surface area contributed by atoms with Gasteiger partial charge in [0.2, 0.25) is 0 Å². The van der Waals surface area contributed by atoms with Gasteiger partial charge in [-0.05, 0) is 18.2 Å². The third kappa shape index (κ3) is 2.65. The minimum atomic E-state index is -0.979. The van der Waals surface area contributed by atoms with Gasteiger partial charge < -0.3 is 5.73 Å². The number of fused-ring (bicyclic) bond motifs is 1. The van der Waals surface area contributed by atoms with Crippen molar-refractivity contribution in [1.29, 1.82) is 0 Å². The van der Waals surface area contributed by atoms with Crippen molar-refractivity contribution in [2.75, 3.05) is 11.1 Å². The number of nitrogens with two attached hydrogens (primary N) is 1. The largest absolute Gasteiger partial charge is 0.384 e. The molecule has 1 aromatic carbocycles. The highest BCUT2D eigenvalue weighted by atomic mass is 32.1. The molecule has 0 radical (unpaired) electrons. The van der Waals surface area contributed by atoms with Crippen LogP contribution in [0.15, 0.2) is 30.5 Å². The summed E-state index contributed by atoms with van der Waals surface area (Å²) in [5.41, 5.74) is 6.10. The fourth-order valence-electron chi connectivity index (χ4n) is 1.74. The van der Waals surface area contributed by atoms with Gasteiger partial charge in [0.05, 0.1) is 10.2 Å². The Morgan fingerprint density at radius 2 is 2.00 bits per heavy atom. The number of nitrogens with one attached hydrogen (secondary N) is 1. The Balaban J connectivity index is 1.89. The lowest BCUT2D eigenvalue weighted by Gasteiger charge is -2.01. The van der Waals surface area contributed by atoms with Gasteiger partial charge in [-0.2, -0.15) is 0 Å². The van der Waals surface area contributed by atoms with Crippen LogP contribution in [0.3, 0.4) is 0 Å². The Morgan fingerprint density at radius 1 is 1.24 bits per heavy atom. The van der Waals surface area contributed by atoms with Crippen molar-refractivity contribution in [3.05, 3.63) is 47.7 Å². The van der Waals surface area contributed by atoms with Crippen molar-refractivity contribution < 1.29 is 13.6 Å². The van der Waals surface area contributed by atoms with Crippen molar-refractivity contribution in [3.8, 4) is 0 Å². The summed E-state index contributed by atoms with van der Waals surface area (Å²) in [5, 5.41) is 2.80. The lowest BCUT2D eigenvalue weighted by atomic mass is 10.2. The number of anilines is 2. The number of halogens is 2. The molecule has 106 valence electrons. The molecule has 5 nitrogen and oxygen atoms in total. The zero-order valence-electron chi connectivity index (χ0n) is 10.4. The average Bonchev–Trinajstić information content (AvgIpc) is 2.80. The van der Waals surface area contributed by atoms with E-state index in [0.29, 0.717) is 10.3 Å². The second-order valence-electron chi connectivity index (χ2n) is 4.18. The first-order chi connectivity index (χ1) is 10.0. The van der Waals surface area contributed by atoms with Crippen molar-refractivity contribution >= 4 is 38.4 Å². The number of aromatic nitrogens is 2. The number of pyridine rings is 1. The molecule has 3 aromatic rings. The van der Waals surface area contributed by atoms with E-state index in [4.69, 9.17) is 5.73 Å². The van der Waals surface area contributed by atoms with Crippen LogP contribution in [0.25, 0.3) is 10.2 Å². The molecule has 0 aliphatic rings. The van der Waals surface area contributed by atoms with Crippen LogP contribution >= 0.6 is 11.3 Å². The summed E-state index contributed by atoms with van der Waals surface area (Å²) < 4.78 is 26.7. The molecule has 0 spiro atoms. The molecular formula is C13H8F2N4OS. The van der Waals surface area contributed by atoms with E-state index < -0.39 is 17.5 Å². The Labute approximate surface area is 121 Å². The second-order valence-corrected chi connectivity index (χ2v) is 5.21. The lowest BCUT2D eigenvalue weighted by molar-refractivity contribution is 0.102. The van der Waals surface area contributed by atoms with Crippen LogP contribution in [0.5, 0.6) is 0 Å². The van der Waals surface area contributed by atoms with Crippen molar-refractivity contribution in [2.24, 2.45) is 0 Å². The van der Waals surface area contributed by atoms with Crippen LogP contribution in [0.1, 0.15) is 10.4 Å². The molecule has 0 unspecified atom stereocenters. The molecule has 0 aliphatic heterocycles. The fourth-order valence-corrected chi connectivity index (χ4v) is 2.60. The highest BCUT2D eigenvalue weighted by Gasteiger charge is 2.12. The topological polar surface area (TPSA) is 80.9 Å². The van der Waals surface area contributed by atoms with Gasteiger partial charge in [0.25, 0.3) is 5.91 Å². The minimum absolute atomic E-state index is 0.219. The van der Waals surface area contributed by atoms with Gasteiger partial charge >= 0.3 is 0 Å².